The van der Waals surface area contributed by atoms with Gasteiger partial charge in [0.05, 0.1) is 23.9 Å². The van der Waals surface area contributed by atoms with Gasteiger partial charge < -0.3 is 20.3 Å². The number of phenolic OH excluding ortho intramolecular Hbond substituents is 1. The highest BCUT2D eigenvalue weighted by Crippen LogP contribution is 2.49. The lowest BCUT2D eigenvalue weighted by atomic mass is 9.93. The molecule has 32 heavy (non-hydrogen) atoms. The highest BCUT2D eigenvalue weighted by atomic mass is 19.4. The zero-order chi connectivity index (χ0) is 23.1. The Labute approximate surface area is 182 Å². The summed E-state index contributed by atoms with van der Waals surface area (Å²) in [5, 5.41) is 29.8. The molecule has 0 saturated heterocycles. The largest absolute Gasteiger partial charge is 0.507 e. The van der Waals surface area contributed by atoms with Crippen molar-refractivity contribution in [2.75, 3.05) is 12.4 Å². The van der Waals surface area contributed by atoms with Gasteiger partial charge in [-0.2, -0.15) is 13.2 Å². The Hall–Kier alpha value is -2.46. The molecule has 6 nitrogen and oxygen atoms in total. The van der Waals surface area contributed by atoms with Crippen molar-refractivity contribution in [3.63, 3.8) is 0 Å². The van der Waals surface area contributed by atoms with E-state index < -0.39 is 23.3 Å². The second kappa shape index (κ2) is 8.47. The summed E-state index contributed by atoms with van der Waals surface area (Å²) in [6, 6.07) is 1.05. The molecule has 3 aliphatic rings. The van der Waals surface area contributed by atoms with Crippen LogP contribution in [0, 0.1) is 5.82 Å². The van der Waals surface area contributed by atoms with Gasteiger partial charge in [0.25, 0.3) is 0 Å². The summed E-state index contributed by atoms with van der Waals surface area (Å²) in [6.07, 6.45) is 1.94. The second-order valence-corrected chi connectivity index (χ2v) is 8.54. The van der Waals surface area contributed by atoms with Crippen LogP contribution in [0.5, 0.6) is 5.75 Å². The van der Waals surface area contributed by atoms with Crippen LogP contribution in [0.25, 0.3) is 11.3 Å². The zero-order valence-electron chi connectivity index (χ0n) is 17.6. The molecule has 0 bridgehead atoms. The Morgan fingerprint density at radius 3 is 2.34 bits per heavy atom. The van der Waals surface area contributed by atoms with Gasteiger partial charge in [-0.1, -0.05) is 12.8 Å². The number of anilines is 1. The first kappa shape index (κ1) is 22.7. The van der Waals surface area contributed by atoms with Gasteiger partial charge in [0.15, 0.2) is 5.82 Å². The SMILES string of the molecule is CNc1nnc(-c2cc(F)c(C(F)(F)F)cc2O)c2c1COC1(CC1)C2.OC1CCCC1. The van der Waals surface area contributed by atoms with Crippen LogP contribution in [-0.4, -0.2) is 39.2 Å². The van der Waals surface area contributed by atoms with Gasteiger partial charge in [0, 0.05) is 24.6 Å². The summed E-state index contributed by atoms with van der Waals surface area (Å²) < 4.78 is 58.4. The van der Waals surface area contributed by atoms with E-state index in [2.05, 4.69) is 15.5 Å². The van der Waals surface area contributed by atoms with Crippen molar-refractivity contribution in [2.24, 2.45) is 0 Å². The molecule has 174 valence electrons. The first-order valence-corrected chi connectivity index (χ1v) is 10.6. The Bertz CT molecular complexity index is 1000. The molecule has 1 aliphatic heterocycles. The molecule has 2 aromatic rings. The Morgan fingerprint density at radius 2 is 1.81 bits per heavy atom. The van der Waals surface area contributed by atoms with E-state index in [4.69, 9.17) is 9.84 Å². The molecule has 0 unspecified atom stereocenters. The van der Waals surface area contributed by atoms with Gasteiger partial charge in [-0.05, 0) is 43.4 Å². The maximum absolute atomic E-state index is 14.0. The number of ether oxygens (including phenoxy) is 1. The number of hydrogen-bond donors (Lipinski definition) is 3. The maximum Gasteiger partial charge on any atom is 0.419 e. The molecule has 0 amide bonds. The van der Waals surface area contributed by atoms with Gasteiger partial charge in [0.1, 0.15) is 17.3 Å². The van der Waals surface area contributed by atoms with Crippen LogP contribution < -0.4 is 5.32 Å². The van der Waals surface area contributed by atoms with Crippen molar-refractivity contribution in [2.45, 2.75) is 69.4 Å². The molecule has 2 aliphatic carbocycles. The first-order chi connectivity index (χ1) is 15.1. The summed E-state index contributed by atoms with van der Waals surface area (Å²) in [5.41, 5.74) is -0.319. The smallest absolute Gasteiger partial charge is 0.419 e. The molecule has 0 radical (unpaired) electrons. The summed E-state index contributed by atoms with van der Waals surface area (Å²) in [5.74, 6) is -1.67. The van der Waals surface area contributed by atoms with E-state index in [1.807, 2.05) is 0 Å². The van der Waals surface area contributed by atoms with Gasteiger partial charge >= 0.3 is 6.18 Å². The number of halogens is 4. The summed E-state index contributed by atoms with van der Waals surface area (Å²) in [4.78, 5) is 0. The summed E-state index contributed by atoms with van der Waals surface area (Å²) in [6.45, 7) is 0.276. The van der Waals surface area contributed by atoms with Crippen molar-refractivity contribution >= 4 is 5.82 Å². The lowest BCUT2D eigenvalue weighted by molar-refractivity contribution is -0.140. The molecule has 1 aromatic heterocycles. The number of aliphatic hydroxyl groups is 1. The number of nitrogens with one attached hydrogen (secondary N) is 1. The minimum Gasteiger partial charge on any atom is -0.507 e. The quantitative estimate of drug-likeness (QED) is 0.575. The van der Waals surface area contributed by atoms with Crippen LogP contribution in [-0.2, 0) is 23.9 Å². The molecule has 3 N–H and O–H groups in total. The van der Waals surface area contributed by atoms with Crippen LogP contribution in [0.4, 0.5) is 23.4 Å². The first-order valence-electron chi connectivity index (χ1n) is 10.6. The minimum absolute atomic E-state index is 0.0463. The number of fused-ring (bicyclic) bond motifs is 1. The fourth-order valence-corrected chi connectivity index (χ4v) is 4.20. The van der Waals surface area contributed by atoms with Crippen LogP contribution in [0.15, 0.2) is 12.1 Å². The highest BCUT2D eigenvalue weighted by molar-refractivity contribution is 5.73. The summed E-state index contributed by atoms with van der Waals surface area (Å²) >= 11 is 0. The Kier molecular flexibility index (Phi) is 6.02. The average Bonchev–Trinajstić information content (AvgIpc) is 3.31. The van der Waals surface area contributed by atoms with E-state index in [-0.39, 0.29) is 29.6 Å². The molecule has 2 fully saturated rings. The van der Waals surface area contributed by atoms with Crippen molar-refractivity contribution in [1.29, 1.82) is 0 Å². The van der Waals surface area contributed by atoms with Gasteiger partial charge in [0.2, 0.25) is 0 Å². The normalized spacial score (nSPS) is 19.3. The molecular formula is C22H25F4N3O3. The molecule has 2 heterocycles. The van der Waals surface area contributed by atoms with Crippen LogP contribution in [0.3, 0.4) is 0 Å². The lowest BCUT2D eigenvalue weighted by Crippen LogP contribution is -2.26. The average molecular weight is 455 g/mol. The standard InChI is InChI=1S/C17H15F4N3O2.C5H10O/c1-22-15-10-7-26-16(2-3-16)6-9(10)14(23-24-15)8-4-12(18)11(5-13(8)25)17(19,20)21;6-5-3-1-2-4-5/h4-5,25H,2-3,6-7H2,1H3,(H,22,24);5-6H,1-4H2. The third-order valence-electron chi connectivity index (χ3n) is 6.22. The Morgan fingerprint density at radius 1 is 1.12 bits per heavy atom. The number of aromatic nitrogens is 2. The van der Waals surface area contributed by atoms with Crippen LogP contribution in [0.2, 0.25) is 0 Å². The molecule has 5 rings (SSSR count). The predicted octanol–water partition coefficient (Wildman–Crippen LogP) is 4.58. The van der Waals surface area contributed by atoms with E-state index in [1.165, 1.54) is 12.8 Å². The second-order valence-electron chi connectivity index (χ2n) is 8.54. The van der Waals surface area contributed by atoms with Gasteiger partial charge in [-0.25, -0.2) is 4.39 Å². The number of aliphatic hydroxyl groups excluding tert-OH is 1. The molecular weight excluding hydrogens is 430 g/mol. The van der Waals surface area contributed by atoms with Gasteiger partial charge in [-0.3, -0.25) is 0 Å². The number of phenols is 1. The van der Waals surface area contributed by atoms with E-state index >= 15 is 0 Å². The number of hydrogen-bond acceptors (Lipinski definition) is 6. The topological polar surface area (TPSA) is 87.5 Å². The summed E-state index contributed by atoms with van der Waals surface area (Å²) in [7, 11) is 1.67. The third kappa shape index (κ3) is 4.52. The highest BCUT2D eigenvalue weighted by Gasteiger charge is 2.48. The van der Waals surface area contributed by atoms with Crippen LogP contribution >= 0.6 is 0 Å². The molecule has 0 atom stereocenters. The molecule has 1 aromatic carbocycles. The minimum atomic E-state index is -4.90. The molecule has 2 saturated carbocycles. The fourth-order valence-electron chi connectivity index (χ4n) is 4.20. The number of aromatic hydroxyl groups is 1. The monoisotopic (exact) mass is 455 g/mol. The Balaban J connectivity index is 0.000000354. The van der Waals surface area contributed by atoms with Crippen molar-refractivity contribution in [3.8, 4) is 17.0 Å². The number of alkyl halides is 3. The maximum atomic E-state index is 14.0. The number of benzene rings is 1. The van der Waals surface area contributed by atoms with E-state index in [0.29, 0.717) is 29.9 Å². The van der Waals surface area contributed by atoms with Crippen molar-refractivity contribution < 1.29 is 32.5 Å². The van der Waals surface area contributed by atoms with Crippen molar-refractivity contribution in [1.82, 2.24) is 10.2 Å². The van der Waals surface area contributed by atoms with Crippen LogP contribution in [0.1, 0.15) is 55.2 Å². The fraction of sp³-hybridized carbons (Fsp3) is 0.545. The number of nitrogens with zero attached hydrogens (tertiary/aromatic N) is 2. The van der Waals surface area contributed by atoms with E-state index in [1.54, 1.807) is 7.05 Å². The molecule has 1 spiro atoms. The molecule has 10 heteroatoms. The zero-order valence-corrected chi connectivity index (χ0v) is 17.6. The number of rotatable bonds is 2. The van der Waals surface area contributed by atoms with E-state index in [0.717, 1.165) is 31.2 Å². The van der Waals surface area contributed by atoms with Crippen molar-refractivity contribution in [3.05, 3.63) is 34.6 Å². The third-order valence-corrected chi connectivity index (χ3v) is 6.22. The van der Waals surface area contributed by atoms with E-state index in [9.17, 15) is 22.7 Å². The lowest BCUT2D eigenvalue weighted by Gasteiger charge is -2.27. The van der Waals surface area contributed by atoms with Gasteiger partial charge in [-0.15, -0.1) is 10.2 Å². The predicted molar refractivity (Wildman–Crippen MR) is 109 cm³/mol.